The van der Waals surface area contributed by atoms with Crippen LogP contribution in [0.2, 0.25) is 0 Å². The molecule has 2 rings (SSSR count). The molecule has 0 aliphatic carbocycles. The third-order valence-corrected chi connectivity index (χ3v) is 2.82. The van der Waals surface area contributed by atoms with E-state index in [4.69, 9.17) is 11.5 Å². The maximum Gasteiger partial charge on any atom is 0.325 e. The van der Waals surface area contributed by atoms with Gasteiger partial charge in [0.2, 0.25) is 11.6 Å². The number of likely N-dealkylation sites (N-methyl/N-ethyl adjacent to an activating group) is 2. The van der Waals surface area contributed by atoms with Crippen molar-refractivity contribution in [1.82, 2.24) is 20.4 Å². The van der Waals surface area contributed by atoms with Gasteiger partial charge in [-0.1, -0.05) is 0 Å². The number of nitrogens with one attached hydrogen (secondary N) is 2. The number of urea groups is 2. The maximum atomic E-state index is 11.5. The lowest BCUT2D eigenvalue weighted by Crippen LogP contribution is -2.76. The summed E-state index contributed by atoms with van der Waals surface area (Å²) in [7, 11) is 2.95. The van der Waals surface area contributed by atoms with Crippen molar-refractivity contribution in [1.29, 1.82) is 0 Å². The maximum absolute atomic E-state index is 11.5. The van der Waals surface area contributed by atoms with Crippen LogP contribution in [0.15, 0.2) is 0 Å². The van der Waals surface area contributed by atoms with Gasteiger partial charge in [0.25, 0.3) is 0 Å². The molecule has 14 heavy (non-hydrogen) atoms. The number of nitrogens with zero attached hydrogens (tertiary/aromatic N) is 2. The Bertz CT molecular complexity index is 304. The highest BCUT2D eigenvalue weighted by atomic mass is 16.2. The molecule has 0 saturated carbocycles. The molecular formula is C6H12N6O2. The van der Waals surface area contributed by atoms with Crippen molar-refractivity contribution in [2.24, 2.45) is 11.5 Å². The molecule has 8 heteroatoms. The molecule has 2 fully saturated rings. The normalized spacial score (nSPS) is 41.1. The van der Waals surface area contributed by atoms with Crippen LogP contribution in [0, 0.1) is 0 Å². The van der Waals surface area contributed by atoms with Gasteiger partial charge < -0.3 is 0 Å². The molecule has 78 valence electrons. The number of hydrogen-bond acceptors (Lipinski definition) is 4. The second-order valence-corrected chi connectivity index (χ2v) is 3.51. The zero-order valence-corrected chi connectivity index (χ0v) is 7.87. The Morgan fingerprint density at radius 2 is 1.43 bits per heavy atom. The van der Waals surface area contributed by atoms with Crippen LogP contribution in [0.3, 0.4) is 0 Å². The van der Waals surface area contributed by atoms with Crippen molar-refractivity contribution in [2.75, 3.05) is 14.1 Å². The number of carbonyl (C=O) groups excluding carboxylic acids is 2. The molecule has 2 unspecified atom stereocenters. The van der Waals surface area contributed by atoms with Crippen LogP contribution in [-0.4, -0.2) is 47.5 Å². The molecule has 4 amide bonds. The number of hydrogen-bond donors (Lipinski definition) is 4. The second kappa shape index (κ2) is 2.10. The van der Waals surface area contributed by atoms with E-state index in [9.17, 15) is 9.59 Å². The summed E-state index contributed by atoms with van der Waals surface area (Å²) in [4.78, 5) is 25.0. The van der Waals surface area contributed by atoms with Crippen molar-refractivity contribution < 1.29 is 9.59 Å². The summed E-state index contributed by atoms with van der Waals surface area (Å²) < 4.78 is 0. The zero-order valence-electron chi connectivity index (χ0n) is 7.87. The summed E-state index contributed by atoms with van der Waals surface area (Å²) >= 11 is 0. The van der Waals surface area contributed by atoms with Gasteiger partial charge >= 0.3 is 12.1 Å². The van der Waals surface area contributed by atoms with E-state index in [1.807, 2.05) is 0 Å². The highest BCUT2D eigenvalue weighted by molar-refractivity contribution is 5.87. The number of amides is 4. The average molecular weight is 200 g/mol. The first-order valence-corrected chi connectivity index (χ1v) is 4.02. The fraction of sp³-hybridized carbons (Fsp3) is 0.667. The molecule has 2 atom stereocenters. The van der Waals surface area contributed by atoms with E-state index < -0.39 is 17.6 Å². The van der Waals surface area contributed by atoms with Crippen molar-refractivity contribution in [3.63, 3.8) is 0 Å². The minimum atomic E-state index is -1.41. The van der Waals surface area contributed by atoms with Crippen molar-refractivity contribution in [3.05, 3.63) is 0 Å². The average Bonchev–Trinajstić information content (AvgIpc) is 2.40. The smallest absolute Gasteiger partial charge is 0.298 e. The Balaban J connectivity index is 2.52. The van der Waals surface area contributed by atoms with Crippen LogP contribution in [0.4, 0.5) is 9.59 Å². The van der Waals surface area contributed by atoms with Crippen LogP contribution in [0.5, 0.6) is 0 Å². The molecule has 2 saturated heterocycles. The molecule has 0 spiro atoms. The SMILES string of the molecule is CN1C(=O)N(C)C2(N)NC(=O)NC12N. The molecule has 2 heterocycles. The zero-order chi connectivity index (χ0) is 10.7. The van der Waals surface area contributed by atoms with Crippen LogP contribution < -0.4 is 22.1 Å². The molecule has 0 radical (unpaired) electrons. The van der Waals surface area contributed by atoms with Crippen LogP contribution in [-0.2, 0) is 0 Å². The van der Waals surface area contributed by atoms with Crippen LogP contribution >= 0.6 is 0 Å². The van der Waals surface area contributed by atoms with E-state index in [1.165, 1.54) is 23.9 Å². The molecule has 8 nitrogen and oxygen atoms in total. The van der Waals surface area contributed by atoms with Crippen LogP contribution in [0.1, 0.15) is 0 Å². The Labute approximate surface area is 80.2 Å². The molecule has 6 N–H and O–H groups in total. The van der Waals surface area contributed by atoms with E-state index in [2.05, 4.69) is 10.6 Å². The Morgan fingerprint density at radius 1 is 1.07 bits per heavy atom. The van der Waals surface area contributed by atoms with Gasteiger partial charge in [-0.05, 0) is 0 Å². The van der Waals surface area contributed by atoms with Gasteiger partial charge in [-0.3, -0.25) is 31.9 Å². The quantitative estimate of drug-likeness (QED) is 0.346. The van der Waals surface area contributed by atoms with Gasteiger partial charge in [0.05, 0.1) is 0 Å². The Morgan fingerprint density at radius 3 is 1.79 bits per heavy atom. The molecular weight excluding hydrogens is 188 g/mol. The number of fused-ring (bicyclic) bond motifs is 1. The fourth-order valence-corrected chi connectivity index (χ4v) is 1.77. The summed E-state index contributed by atoms with van der Waals surface area (Å²) in [5, 5.41) is 4.82. The standard InChI is InChI=1S/C6H12N6O2/c1-11-4(14)12(2)6(8)5(11,7)9-3(13)10-6/h7-8H2,1-2H3,(H2,9,10,13). The third kappa shape index (κ3) is 0.667. The predicted octanol–water partition coefficient (Wildman–Crippen LogP) is -2.48. The van der Waals surface area contributed by atoms with Crippen LogP contribution in [0.25, 0.3) is 0 Å². The third-order valence-electron chi connectivity index (χ3n) is 2.82. The Kier molecular flexibility index (Phi) is 1.35. The summed E-state index contributed by atoms with van der Waals surface area (Å²) in [5.74, 6) is -2.81. The fourth-order valence-electron chi connectivity index (χ4n) is 1.77. The highest BCUT2D eigenvalue weighted by Crippen LogP contribution is 2.31. The number of rotatable bonds is 0. The second-order valence-electron chi connectivity index (χ2n) is 3.51. The highest BCUT2D eigenvalue weighted by Gasteiger charge is 2.67. The molecule has 0 bridgehead atoms. The van der Waals surface area contributed by atoms with E-state index in [0.29, 0.717) is 0 Å². The van der Waals surface area contributed by atoms with Gasteiger partial charge in [-0.25, -0.2) is 9.59 Å². The first-order chi connectivity index (χ1) is 6.33. The van der Waals surface area contributed by atoms with Gasteiger partial charge in [-0.15, -0.1) is 0 Å². The van der Waals surface area contributed by atoms with Gasteiger partial charge in [0, 0.05) is 14.1 Å². The molecule has 0 aromatic heterocycles. The summed E-state index contributed by atoms with van der Waals surface area (Å²) in [5.41, 5.74) is 11.7. The molecule has 2 aliphatic heterocycles. The topological polar surface area (TPSA) is 117 Å². The minimum Gasteiger partial charge on any atom is -0.298 e. The summed E-state index contributed by atoms with van der Waals surface area (Å²) in [6.07, 6.45) is 0. The lowest BCUT2D eigenvalue weighted by molar-refractivity contribution is 0.0778. The molecule has 2 aliphatic rings. The predicted molar refractivity (Wildman–Crippen MR) is 46.4 cm³/mol. The van der Waals surface area contributed by atoms with E-state index in [-0.39, 0.29) is 6.03 Å². The van der Waals surface area contributed by atoms with Crippen molar-refractivity contribution in [3.8, 4) is 0 Å². The number of nitrogens with two attached hydrogens (primary N) is 2. The minimum absolute atomic E-state index is 0.359. The van der Waals surface area contributed by atoms with Crippen molar-refractivity contribution in [2.45, 2.75) is 11.6 Å². The first-order valence-electron chi connectivity index (χ1n) is 4.02. The first kappa shape index (κ1) is 9.03. The largest absolute Gasteiger partial charge is 0.325 e. The summed E-state index contributed by atoms with van der Waals surface area (Å²) in [6.45, 7) is 0. The Hall–Kier alpha value is -1.54. The summed E-state index contributed by atoms with van der Waals surface area (Å²) in [6, 6.07) is -0.858. The van der Waals surface area contributed by atoms with Crippen molar-refractivity contribution >= 4 is 12.1 Å². The van der Waals surface area contributed by atoms with E-state index in [1.54, 1.807) is 0 Å². The monoisotopic (exact) mass is 200 g/mol. The van der Waals surface area contributed by atoms with E-state index >= 15 is 0 Å². The molecule has 0 aromatic carbocycles. The van der Waals surface area contributed by atoms with Gasteiger partial charge in [-0.2, -0.15) is 0 Å². The number of carbonyl (C=O) groups is 2. The lowest BCUT2D eigenvalue weighted by Gasteiger charge is -2.35. The lowest BCUT2D eigenvalue weighted by atomic mass is 10.2. The van der Waals surface area contributed by atoms with Gasteiger partial charge in [0.1, 0.15) is 0 Å². The van der Waals surface area contributed by atoms with Gasteiger partial charge in [0.15, 0.2) is 0 Å². The van der Waals surface area contributed by atoms with E-state index in [0.717, 1.165) is 0 Å². The molecule has 0 aromatic rings.